The van der Waals surface area contributed by atoms with Crippen molar-refractivity contribution in [2.75, 3.05) is 6.54 Å². The summed E-state index contributed by atoms with van der Waals surface area (Å²) < 4.78 is 26.9. The van der Waals surface area contributed by atoms with Gasteiger partial charge < -0.3 is 0 Å². The summed E-state index contributed by atoms with van der Waals surface area (Å²) >= 11 is 6.62. The van der Waals surface area contributed by atoms with E-state index in [2.05, 4.69) is 23.6 Å². The summed E-state index contributed by atoms with van der Waals surface area (Å²) in [5, 5.41) is 0. The van der Waals surface area contributed by atoms with E-state index in [1.165, 1.54) is 6.20 Å². The van der Waals surface area contributed by atoms with Crippen LogP contribution in [-0.2, 0) is 10.0 Å². The Labute approximate surface area is 118 Å². The van der Waals surface area contributed by atoms with Crippen LogP contribution in [0.15, 0.2) is 10.4 Å². The maximum atomic E-state index is 11.9. The highest BCUT2D eigenvalue weighted by molar-refractivity contribution is 7.91. The van der Waals surface area contributed by atoms with E-state index >= 15 is 0 Å². The van der Waals surface area contributed by atoms with E-state index in [4.69, 9.17) is 11.6 Å². The largest absolute Gasteiger partial charge is 0.251 e. The summed E-state index contributed by atoms with van der Waals surface area (Å²) in [5.41, 5.74) is 0. The maximum absolute atomic E-state index is 11.9. The molecule has 4 nitrogen and oxygen atoms in total. The Morgan fingerprint density at radius 1 is 1.50 bits per heavy atom. The van der Waals surface area contributed by atoms with Crippen LogP contribution < -0.4 is 4.72 Å². The van der Waals surface area contributed by atoms with Gasteiger partial charge in [0.15, 0.2) is 8.68 Å². The fraction of sp³-hybridized carbons (Fsp3) is 0.727. The molecule has 0 saturated heterocycles. The minimum atomic E-state index is -3.45. The summed E-state index contributed by atoms with van der Waals surface area (Å²) in [5.74, 6) is 0.392. The number of rotatable bonds is 8. The zero-order chi connectivity index (χ0) is 13.6. The molecular formula is C11H19ClN2O2S2. The molecule has 0 aliphatic rings. The molecule has 0 aliphatic heterocycles. The number of thiazole rings is 1. The van der Waals surface area contributed by atoms with Crippen molar-refractivity contribution in [3.8, 4) is 0 Å². The number of hydrogen-bond donors (Lipinski definition) is 1. The predicted molar refractivity (Wildman–Crippen MR) is 75.6 cm³/mol. The Morgan fingerprint density at radius 2 is 2.22 bits per heavy atom. The van der Waals surface area contributed by atoms with Gasteiger partial charge in [0.2, 0.25) is 0 Å². The van der Waals surface area contributed by atoms with E-state index in [1.54, 1.807) is 0 Å². The van der Waals surface area contributed by atoms with Crippen LogP contribution in [0.3, 0.4) is 0 Å². The van der Waals surface area contributed by atoms with E-state index in [0.29, 0.717) is 12.5 Å². The highest BCUT2D eigenvalue weighted by Crippen LogP contribution is 2.22. The number of hydrogen-bond acceptors (Lipinski definition) is 4. The lowest BCUT2D eigenvalue weighted by Gasteiger charge is -2.14. The number of sulfonamides is 1. The molecule has 0 aromatic carbocycles. The van der Waals surface area contributed by atoms with Gasteiger partial charge >= 0.3 is 0 Å². The van der Waals surface area contributed by atoms with Gasteiger partial charge in [0.05, 0.1) is 6.20 Å². The SMILES string of the molecule is CCCCC(CC)CNS(=O)(=O)c1cnc(Cl)s1. The lowest BCUT2D eigenvalue weighted by molar-refractivity contribution is 0.444. The fourth-order valence-corrected chi connectivity index (χ4v) is 4.06. The predicted octanol–water partition coefficient (Wildman–Crippen LogP) is 3.29. The van der Waals surface area contributed by atoms with Crippen LogP contribution in [-0.4, -0.2) is 19.9 Å². The van der Waals surface area contributed by atoms with Crippen LogP contribution in [0.25, 0.3) is 0 Å². The second kappa shape index (κ2) is 7.43. The first-order chi connectivity index (χ1) is 8.49. The molecule has 104 valence electrons. The molecule has 0 fully saturated rings. The van der Waals surface area contributed by atoms with E-state index in [0.717, 1.165) is 37.0 Å². The first-order valence-corrected chi connectivity index (χ1v) is 8.78. The molecule has 0 amide bonds. The van der Waals surface area contributed by atoms with Gasteiger partial charge in [-0.3, -0.25) is 0 Å². The number of aromatic nitrogens is 1. The quantitative estimate of drug-likeness (QED) is 0.801. The molecule has 0 radical (unpaired) electrons. The summed E-state index contributed by atoms with van der Waals surface area (Å²) in [6, 6.07) is 0. The van der Waals surface area contributed by atoms with Gasteiger partial charge in [0, 0.05) is 6.54 Å². The van der Waals surface area contributed by atoms with Crippen molar-refractivity contribution < 1.29 is 8.42 Å². The smallest absolute Gasteiger partial charge is 0.232 e. The third kappa shape index (κ3) is 4.84. The Morgan fingerprint density at radius 3 is 2.72 bits per heavy atom. The van der Waals surface area contributed by atoms with Crippen molar-refractivity contribution in [2.24, 2.45) is 5.92 Å². The van der Waals surface area contributed by atoms with E-state index in [-0.39, 0.29) is 8.68 Å². The summed E-state index contributed by atoms with van der Waals surface area (Å²) in [6.45, 7) is 4.70. The molecule has 1 atom stereocenters. The Bertz CT molecular complexity index is 459. The molecule has 0 aliphatic carbocycles. The number of nitrogens with one attached hydrogen (secondary N) is 1. The fourth-order valence-electron chi connectivity index (χ4n) is 1.61. The molecule has 1 rings (SSSR count). The van der Waals surface area contributed by atoms with Crippen molar-refractivity contribution in [3.63, 3.8) is 0 Å². The highest BCUT2D eigenvalue weighted by atomic mass is 35.5. The van der Waals surface area contributed by atoms with Crippen molar-refractivity contribution in [3.05, 3.63) is 10.7 Å². The van der Waals surface area contributed by atoms with E-state index in [1.807, 2.05) is 0 Å². The van der Waals surface area contributed by atoms with Crippen LogP contribution >= 0.6 is 22.9 Å². The minimum Gasteiger partial charge on any atom is -0.232 e. The zero-order valence-electron chi connectivity index (χ0n) is 10.6. The summed E-state index contributed by atoms with van der Waals surface area (Å²) in [6.07, 6.45) is 5.59. The molecule has 0 saturated carbocycles. The van der Waals surface area contributed by atoms with Gasteiger partial charge in [-0.2, -0.15) is 0 Å². The highest BCUT2D eigenvalue weighted by Gasteiger charge is 2.18. The molecule has 0 bridgehead atoms. The molecule has 1 heterocycles. The normalized spacial score (nSPS) is 13.7. The lowest BCUT2D eigenvalue weighted by atomic mass is 10.00. The third-order valence-electron chi connectivity index (χ3n) is 2.83. The summed E-state index contributed by atoms with van der Waals surface area (Å²) in [7, 11) is -3.45. The minimum absolute atomic E-state index is 0.179. The first kappa shape index (κ1) is 15.9. The zero-order valence-corrected chi connectivity index (χ0v) is 13.0. The lowest BCUT2D eigenvalue weighted by Crippen LogP contribution is -2.28. The van der Waals surface area contributed by atoms with Gasteiger partial charge in [-0.05, 0) is 12.3 Å². The van der Waals surface area contributed by atoms with Crippen molar-refractivity contribution in [1.82, 2.24) is 9.71 Å². The summed E-state index contributed by atoms with van der Waals surface area (Å²) in [4.78, 5) is 3.74. The number of halogens is 1. The van der Waals surface area contributed by atoms with Crippen LogP contribution in [0.5, 0.6) is 0 Å². The van der Waals surface area contributed by atoms with Gasteiger partial charge in [0.25, 0.3) is 10.0 Å². The van der Waals surface area contributed by atoms with Crippen LogP contribution in [0, 0.1) is 5.92 Å². The second-order valence-corrected chi connectivity index (χ2v) is 7.81. The van der Waals surface area contributed by atoms with E-state index in [9.17, 15) is 8.42 Å². The second-order valence-electron chi connectivity index (χ2n) is 4.20. The Balaban J connectivity index is 2.55. The molecular weight excluding hydrogens is 292 g/mol. The standard InChI is InChI=1S/C11H19ClN2O2S2/c1-3-5-6-9(4-2)7-14-18(15,16)10-8-13-11(12)17-10/h8-9,14H,3-7H2,1-2H3. The first-order valence-electron chi connectivity index (χ1n) is 6.10. The average Bonchev–Trinajstić information content (AvgIpc) is 2.77. The van der Waals surface area contributed by atoms with Gasteiger partial charge in [-0.1, -0.05) is 56.0 Å². The van der Waals surface area contributed by atoms with Gasteiger partial charge in [-0.15, -0.1) is 0 Å². The Kier molecular flexibility index (Phi) is 6.55. The average molecular weight is 311 g/mol. The van der Waals surface area contributed by atoms with Crippen LogP contribution in [0.2, 0.25) is 4.47 Å². The number of nitrogens with zero attached hydrogens (tertiary/aromatic N) is 1. The maximum Gasteiger partial charge on any atom is 0.251 e. The van der Waals surface area contributed by atoms with Crippen molar-refractivity contribution in [1.29, 1.82) is 0 Å². The van der Waals surface area contributed by atoms with Crippen LogP contribution in [0.4, 0.5) is 0 Å². The topological polar surface area (TPSA) is 59.1 Å². The van der Waals surface area contributed by atoms with Crippen molar-refractivity contribution >= 4 is 33.0 Å². The molecule has 18 heavy (non-hydrogen) atoms. The monoisotopic (exact) mass is 310 g/mol. The Hall–Kier alpha value is -0.170. The molecule has 0 spiro atoms. The van der Waals surface area contributed by atoms with E-state index < -0.39 is 10.0 Å². The molecule has 1 aromatic rings. The molecule has 1 N–H and O–H groups in total. The molecule has 1 aromatic heterocycles. The third-order valence-corrected chi connectivity index (χ3v) is 5.83. The van der Waals surface area contributed by atoms with Crippen LogP contribution in [0.1, 0.15) is 39.5 Å². The van der Waals surface area contributed by atoms with Gasteiger partial charge in [-0.25, -0.2) is 18.1 Å². The molecule has 7 heteroatoms. The van der Waals surface area contributed by atoms with Gasteiger partial charge in [0.1, 0.15) is 0 Å². The molecule has 1 unspecified atom stereocenters. The number of unbranched alkanes of at least 4 members (excludes halogenated alkanes) is 1. The van der Waals surface area contributed by atoms with Crippen molar-refractivity contribution in [2.45, 2.75) is 43.7 Å².